The third-order valence-corrected chi connectivity index (χ3v) is 6.07. The highest BCUT2D eigenvalue weighted by Gasteiger charge is 2.16. The summed E-state index contributed by atoms with van der Waals surface area (Å²) in [5.41, 5.74) is 5.46. The van der Waals surface area contributed by atoms with E-state index in [1.54, 1.807) is 30.3 Å². The summed E-state index contributed by atoms with van der Waals surface area (Å²) < 4.78 is 7.56. The molecule has 6 nitrogen and oxygen atoms in total. The highest BCUT2D eigenvalue weighted by Crippen LogP contribution is 2.26. The second kappa shape index (κ2) is 9.95. The molecule has 3 aromatic rings. The normalized spacial score (nSPS) is 14.1. The number of halogens is 1. The Labute approximate surface area is 198 Å². The molecule has 0 aliphatic carbocycles. The Morgan fingerprint density at radius 3 is 2.42 bits per heavy atom. The molecule has 33 heavy (non-hydrogen) atoms. The molecule has 0 atom stereocenters. The smallest absolute Gasteiger partial charge is 0.266 e. The minimum Gasteiger partial charge on any atom is -0.378 e. The van der Waals surface area contributed by atoms with Gasteiger partial charge in [0.05, 0.1) is 23.9 Å². The van der Waals surface area contributed by atoms with Crippen LogP contribution in [0, 0.1) is 25.2 Å². The van der Waals surface area contributed by atoms with Crippen LogP contribution in [0.2, 0.25) is 5.02 Å². The number of nitrogens with zero attached hydrogens (tertiary/aromatic N) is 3. The van der Waals surface area contributed by atoms with Crippen LogP contribution in [0.15, 0.2) is 60.2 Å². The second-order valence-corrected chi connectivity index (χ2v) is 8.29. The lowest BCUT2D eigenvalue weighted by atomic mass is 10.1. The number of hydrogen-bond acceptors (Lipinski definition) is 4. The van der Waals surface area contributed by atoms with Gasteiger partial charge in [-0.25, -0.2) is 0 Å². The summed E-state index contributed by atoms with van der Waals surface area (Å²) in [5.74, 6) is -0.495. The lowest BCUT2D eigenvalue weighted by Gasteiger charge is -2.29. The van der Waals surface area contributed by atoms with Crippen LogP contribution >= 0.6 is 11.6 Å². The first-order valence-electron chi connectivity index (χ1n) is 10.8. The molecule has 1 N–H and O–H groups in total. The fraction of sp³-hybridized carbons (Fsp3) is 0.231. The van der Waals surface area contributed by atoms with Gasteiger partial charge in [0.1, 0.15) is 11.6 Å². The van der Waals surface area contributed by atoms with E-state index in [1.807, 2.05) is 26.0 Å². The standard InChI is InChI=1S/C26H25ClN4O2/c1-18-15-20(16-21(17-28)26(32)29-25-6-4-3-5-24(25)27)19(2)31(18)23-9-7-22(8-10-23)30-11-13-33-14-12-30/h3-10,15-16H,11-14H2,1-2H3,(H,29,32)/b21-16+. The summed E-state index contributed by atoms with van der Waals surface area (Å²) in [7, 11) is 0. The number of carbonyl (C=O) groups excluding carboxylic acids is 1. The number of benzene rings is 2. The van der Waals surface area contributed by atoms with Gasteiger partial charge in [0.25, 0.3) is 5.91 Å². The summed E-state index contributed by atoms with van der Waals surface area (Å²) >= 11 is 6.12. The summed E-state index contributed by atoms with van der Waals surface area (Å²) in [6.07, 6.45) is 1.62. The number of nitriles is 1. The lowest BCUT2D eigenvalue weighted by Crippen LogP contribution is -2.36. The number of carbonyl (C=O) groups is 1. The van der Waals surface area contributed by atoms with Crippen LogP contribution < -0.4 is 10.2 Å². The second-order valence-electron chi connectivity index (χ2n) is 7.88. The van der Waals surface area contributed by atoms with E-state index in [1.165, 1.54) is 5.69 Å². The van der Waals surface area contributed by atoms with Crippen molar-refractivity contribution in [2.45, 2.75) is 13.8 Å². The average molecular weight is 461 g/mol. The number of anilines is 2. The zero-order chi connectivity index (χ0) is 23.4. The Morgan fingerprint density at radius 1 is 1.09 bits per heavy atom. The Balaban J connectivity index is 1.58. The quantitative estimate of drug-likeness (QED) is 0.423. The van der Waals surface area contributed by atoms with E-state index in [2.05, 4.69) is 39.0 Å². The van der Waals surface area contributed by atoms with E-state index in [4.69, 9.17) is 16.3 Å². The van der Waals surface area contributed by atoms with E-state index in [0.29, 0.717) is 10.7 Å². The van der Waals surface area contributed by atoms with Gasteiger partial charge in [0.15, 0.2) is 0 Å². The van der Waals surface area contributed by atoms with Crippen LogP contribution in [-0.4, -0.2) is 36.8 Å². The van der Waals surface area contributed by atoms with Crippen molar-refractivity contribution in [3.63, 3.8) is 0 Å². The zero-order valence-corrected chi connectivity index (χ0v) is 19.4. The van der Waals surface area contributed by atoms with Crippen LogP contribution in [0.4, 0.5) is 11.4 Å². The number of hydrogen-bond donors (Lipinski definition) is 1. The molecule has 1 amide bonds. The first kappa shape index (κ1) is 22.7. The largest absolute Gasteiger partial charge is 0.378 e. The average Bonchev–Trinajstić information content (AvgIpc) is 3.12. The highest BCUT2D eigenvalue weighted by molar-refractivity contribution is 6.34. The molecule has 1 fully saturated rings. The number of rotatable bonds is 5. The minimum atomic E-state index is -0.495. The van der Waals surface area contributed by atoms with Crippen molar-refractivity contribution < 1.29 is 9.53 Å². The molecule has 2 aromatic carbocycles. The fourth-order valence-electron chi connectivity index (χ4n) is 4.02. The molecule has 168 valence electrons. The van der Waals surface area contributed by atoms with Gasteiger partial charge in [-0.3, -0.25) is 4.79 Å². The van der Waals surface area contributed by atoms with Gasteiger partial charge in [-0.05, 0) is 68.0 Å². The van der Waals surface area contributed by atoms with Crippen molar-refractivity contribution in [3.05, 3.63) is 82.1 Å². The summed E-state index contributed by atoms with van der Waals surface area (Å²) in [6, 6.07) is 19.3. The summed E-state index contributed by atoms with van der Waals surface area (Å²) in [6.45, 7) is 7.27. The van der Waals surface area contributed by atoms with E-state index < -0.39 is 5.91 Å². The van der Waals surface area contributed by atoms with Gasteiger partial charge in [-0.1, -0.05) is 23.7 Å². The zero-order valence-electron chi connectivity index (χ0n) is 18.6. The Kier molecular flexibility index (Phi) is 6.83. The minimum absolute atomic E-state index is 0.0119. The first-order valence-corrected chi connectivity index (χ1v) is 11.2. The molecule has 0 unspecified atom stereocenters. The topological polar surface area (TPSA) is 70.3 Å². The van der Waals surface area contributed by atoms with E-state index in [9.17, 15) is 10.1 Å². The van der Waals surface area contributed by atoms with Gasteiger partial charge >= 0.3 is 0 Å². The molecule has 7 heteroatoms. The lowest BCUT2D eigenvalue weighted by molar-refractivity contribution is -0.112. The monoisotopic (exact) mass is 460 g/mol. The molecular formula is C26H25ClN4O2. The van der Waals surface area contributed by atoms with E-state index in [-0.39, 0.29) is 5.57 Å². The first-order chi connectivity index (χ1) is 16.0. The van der Waals surface area contributed by atoms with Gasteiger partial charge < -0.3 is 19.5 Å². The predicted molar refractivity (Wildman–Crippen MR) is 132 cm³/mol. The predicted octanol–water partition coefficient (Wildman–Crippen LogP) is 5.13. The van der Waals surface area contributed by atoms with Crippen LogP contribution in [0.25, 0.3) is 11.8 Å². The summed E-state index contributed by atoms with van der Waals surface area (Å²) in [4.78, 5) is 15.0. The molecule has 0 radical (unpaired) electrons. The number of amides is 1. The third-order valence-electron chi connectivity index (χ3n) is 5.74. The third kappa shape index (κ3) is 4.95. The molecule has 0 bridgehead atoms. The molecule has 1 aliphatic rings. The van der Waals surface area contributed by atoms with Crippen molar-refractivity contribution in [2.24, 2.45) is 0 Å². The van der Waals surface area contributed by atoms with Crippen LogP contribution in [0.5, 0.6) is 0 Å². The van der Waals surface area contributed by atoms with Crippen molar-refractivity contribution in [2.75, 3.05) is 36.5 Å². The Morgan fingerprint density at radius 2 is 1.76 bits per heavy atom. The van der Waals surface area contributed by atoms with E-state index in [0.717, 1.165) is 48.9 Å². The van der Waals surface area contributed by atoms with E-state index >= 15 is 0 Å². The van der Waals surface area contributed by atoms with Gasteiger partial charge in [0.2, 0.25) is 0 Å². The maximum atomic E-state index is 12.7. The van der Waals surface area contributed by atoms with Crippen LogP contribution in [0.3, 0.4) is 0 Å². The van der Waals surface area contributed by atoms with Crippen molar-refractivity contribution in [1.82, 2.24) is 4.57 Å². The molecule has 1 aliphatic heterocycles. The molecule has 1 aromatic heterocycles. The van der Waals surface area contributed by atoms with Crippen molar-refractivity contribution in [3.8, 4) is 11.8 Å². The molecular weight excluding hydrogens is 436 g/mol. The van der Waals surface area contributed by atoms with Crippen molar-refractivity contribution in [1.29, 1.82) is 5.26 Å². The number of aryl methyl sites for hydroxylation is 1. The van der Waals surface area contributed by atoms with Gasteiger partial charge in [-0.2, -0.15) is 5.26 Å². The number of ether oxygens (including phenoxy) is 1. The number of nitrogens with one attached hydrogen (secondary N) is 1. The summed E-state index contributed by atoms with van der Waals surface area (Å²) in [5, 5.41) is 12.7. The molecule has 2 heterocycles. The maximum Gasteiger partial charge on any atom is 0.266 e. The number of morpholine rings is 1. The Hall–Kier alpha value is -3.53. The highest BCUT2D eigenvalue weighted by atomic mass is 35.5. The number of aromatic nitrogens is 1. The van der Waals surface area contributed by atoms with Gasteiger partial charge in [-0.15, -0.1) is 0 Å². The van der Waals surface area contributed by atoms with Crippen LogP contribution in [-0.2, 0) is 9.53 Å². The Bertz CT molecular complexity index is 1230. The van der Waals surface area contributed by atoms with Gasteiger partial charge in [0, 0.05) is 35.9 Å². The van der Waals surface area contributed by atoms with Crippen molar-refractivity contribution >= 4 is 35.0 Å². The molecule has 4 rings (SSSR count). The SMILES string of the molecule is Cc1cc(/C=C(\C#N)C(=O)Nc2ccccc2Cl)c(C)n1-c1ccc(N2CCOCC2)cc1. The van der Waals surface area contributed by atoms with Crippen LogP contribution in [0.1, 0.15) is 17.0 Å². The molecule has 0 saturated carbocycles. The maximum absolute atomic E-state index is 12.7. The molecule has 0 spiro atoms. The molecule has 1 saturated heterocycles. The number of para-hydroxylation sites is 1. The fourth-order valence-corrected chi connectivity index (χ4v) is 4.20.